The van der Waals surface area contributed by atoms with Crippen LogP contribution in [0.1, 0.15) is 16.7 Å². The maximum absolute atomic E-state index is 12.4. The lowest BCUT2D eigenvalue weighted by molar-refractivity contribution is -0.138. The topological polar surface area (TPSA) is 23.8 Å². The Balaban J connectivity index is 3.39. The van der Waals surface area contributed by atoms with E-state index in [-0.39, 0.29) is 16.5 Å². The molecule has 0 saturated carbocycles. The van der Waals surface area contributed by atoms with Crippen molar-refractivity contribution in [2.75, 3.05) is 0 Å². The lowest BCUT2D eigenvalue weighted by Crippen LogP contribution is -2.09. The van der Waals surface area contributed by atoms with Gasteiger partial charge in [0, 0.05) is 5.33 Å². The predicted molar refractivity (Wildman–Crippen MR) is 48.8 cm³/mol. The summed E-state index contributed by atoms with van der Waals surface area (Å²) in [4.78, 5) is 0. The molecule has 0 aliphatic heterocycles. The number of hydrogen-bond acceptors (Lipinski definition) is 1. The average Bonchev–Trinajstić information content (AvgIpc) is 2.15. The summed E-state index contributed by atoms with van der Waals surface area (Å²) in [6.45, 7) is 0. The lowest BCUT2D eigenvalue weighted by Gasteiger charge is -2.11. The summed E-state index contributed by atoms with van der Waals surface area (Å²) in [5.74, 6) is 0. The first-order valence-electron chi connectivity index (χ1n) is 3.66. The largest absolute Gasteiger partial charge is 0.416 e. The molecular formula is C9H5BrF3N. The SMILES string of the molecule is N#Cc1cccc(C(F)(F)F)c1CBr. The molecule has 0 spiro atoms. The van der Waals surface area contributed by atoms with Crippen molar-refractivity contribution >= 4 is 15.9 Å². The third kappa shape index (κ3) is 2.07. The summed E-state index contributed by atoms with van der Waals surface area (Å²) in [5, 5.41) is 8.62. The van der Waals surface area contributed by atoms with Crippen molar-refractivity contribution in [3.63, 3.8) is 0 Å². The Bertz CT molecular complexity index is 379. The Hall–Kier alpha value is -1.02. The summed E-state index contributed by atoms with van der Waals surface area (Å²) in [7, 11) is 0. The minimum atomic E-state index is -4.41. The van der Waals surface area contributed by atoms with Crippen LogP contribution in [0, 0.1) is 11.3 Å². The van der Waals surface area contributed by atoms with Crippen LogP contribution in [0.3, 0.4) is 0 Å². The quantitative estimate of drug-likeness (QED) is 0.712. The Morgan fingerprint density at radius 1 is 1.36 bits per heavy atom. The Labute approximate surface area is 87.3 Å². The highest BCUT2D eigenvalue weighted by atomic mass is 79.9. The van der Waals surface area contributed by atoms with Crippen molar-refractivity contribution in [3.8, 4) is 6.07 Å². The monoisotopic (exact) mass is 263 g/mol. The van der Waals surface area contributed by atoms with Gasteiger partial charge in [0.15, 0.2) is 0 Å². The van der Waals surface area contributed by atoms with Gasteiger partial charge in [-0.05, 0) is 17.7 Å². The predicted octanol–water partition coefficient (Wildman–Crippen LogP) is 3.47. The molecule has 0 aromatic heterocycles. The first kappa shape index (κ1) is 11.1. The molecule has 74 valence electrons. The van der Waals surface area contributed by atoms with Gasteiger partial charge in [-0.3, -0.25) is 0 Å². The molecule has 1 nitrogen and oxygen atoms in total. The number of nitrogens with zero attached hydrogens (tertiary/aromatic N) is 1. The van der Waals surface area contributed by atoms with Gasteiger partial charge in [-0.15, -0.1) is 0 Å². The van der Waals surface area contributed by atoms with E-state index < -0.39 is 11.7 Å². The molecule has 0 amide bonds. The van der Waals surface area contributed by atoms with Gasteiger partial charge in [0.25, 0.3) is 0 Å². The van der Waals surface area contributed by atoms with Gasteiger partial charge in [-0.1, -0.05) is 22.0 Å². The van der Waals surface area contributed by atoms with Crippen LogP contribution in [0.2, 0.25) is 0 Å². The minimum absolute atomic E-state index is 0.0116. The minimum Gasteiger partial charge on any atom is -0.192 e. The number of halogens is 4. The standard InChI is InChI=1S/C9H5BrF3N/c10-4-7-6(5-14)2-1-3-8(7)9(11,12)13/h1-3H,4H2. The molecule has 1 aromatic carbocycles. The highest BCUT2D eigenvalue weighted by Gasteiger charge is 2.33. The number of rotatable bonds is 1. The van der Waals surface area contributed by atoms with E-state index in [9.17, 15) is 13.2 Å². The van der Waals surface area contributed by atoms with Gasteiger partial charge < -0.3 is 0 Å². The zero-order valence-corrected chi connectivity index (χ0v) is 8.48. The zero-order valence-electron chi connectivity index (χ0n) is 6.90. The van der Waals surface area contributed by atoms with Gasteiger partial charge in [0.2, 0.25) is 0 Å². The highest BCUT2D eigenvalue weighted by molar-refractivity contribution is 9.08. The van der Waals surface area contributed by atoms with Crippen LogP contribution in [0.15, 0.2) is 18.2 Å². The van der Waals surface area contributed by atoms with E-state index in [2.05, 4.69) is 15.9 Å². The fraction of sp³-hybridized carbons (Fsp3) is 0.222. The third-order valence-corrected chi connectivity index (χ3v) is 2.30. The number of hydrogen-bond donors (Lipinski definition) is 0. The van der Waals surface area contributed by atoms with Crippen molar-refractivity contribution in [1.82, 2.24) is 0 Å². The Morgan fingerprint density at radius 3 is 2.43 bits per heavy atom. The van der Waals surface area contributed by atoms with Crippen LogP contribution in [0.25, 0.3) is 0 Å². The van der Waals surface area contributed by atoms with Gasteiger partial charge in [-0.2, -0.15) is 18.4 Å². The molecule has 0 heterocycles. The molecule has 0 bridgehead atoms. The van der Waals surface area contributed by atoms with Crippen molar-refractivity contribution in [1.29, 1.82) is 5.26 Å². The highest BCUT2D eigenvalue weighted by Crippen LogP contribution is 2.34. The molecule has 0 unspecified atom stereocenters. The van der Waals surface area contributed by atoms with Crippen molar-refractivity contribution in [3.05, 3.63) is 34.9 Å². The molecule has 1 aromatic rings. The molecule has 0 aliphatic rings. The van der Waals surface area contributed by atoms with E-state index in [4.69, 9.17) is 5.26 Å². The molecule has 0 radical (unpaired) electrons. The first-order valence-corrected chi connectivity index (χ1v) is 4.78. The van der Waals surface area contributed by atoms with Gasteiger partial charge in [0.05, 0.1) is 17.2 Å². The van der Waals surface area contributed by atoms with Crippen LogP contribution in [0.4, 0.5) is 13.2 Å². The molecular weight excluding hydrogens is 259 g/mol. The van der Waals surface area contributed by atoms with E-state index in [1.54, 1.807) is 6.07 Å². The van der Waals surface area contributed by atoms with Crippen LogP contribution in [-0.2, 0) is 11.5 Å². The second-order valence-electron chi connectivity index (χ2n) is 2.57. The van der Waals surface area contributed by atoms with Crippen LogP contribution < -0.4 is 0 Å². The van der Waals surface area contributed by atoms with Crippen molar-refractivity contribution < 1.29 is 13.2 Å². The third-order valence-electron chi connectivity index (χ3n) is 1.74. The van der Waals surface area contributed by atoms with E-state index in [1.165, 1.54) is 12.1 Å². The normalized spacial score (nSPS) is 11.1. The summed E-state index contributed by atoms with van der Waals surface area (Å²) in [6.07, 6.45) is -4.41. The first-order chi connectivity index (χ1) is 6.50. The fourth-order valence-corrected chi connectivity index (χ4v) is 1.71. The Morgan fingerprint density at radius 2 is 2.00 bits per heavy atom. The zero-order chi connectivity index (χ0) is 10.8. The number of nitriles is 1. The molecule has 0 saturated heterocycles. The molecule has 0 aliphatic carbocycles. The van der Waals surface area contributed by atoms with E-state index in [0.29, 0.717) is 0 Å². The second-order valence-corrected chi connectivity index (χ2v) is 3.14. The van der Waals surface area contributed by atoms with E-state index in [1.807, 2.05) is 0 Å². The fourth-order valence-electron chi connectivity index (χ4n) is 1.10. The van der Waals surface area contributed by atoms with E-state index in [0.717, 1.165) is 6.07 Å². The van der Waals surface area contributed by atoms with Crippen LogP contribution >= 0.6 is 15.9 Å². The summed E-state index contributed by atoms with van der Waals surface area (Å²) >= 11 is 2.94. The molecule has 14 heavy (non-hydrogen) atoms. The average molecular weight is 264 g/mol. The van der Waals surface area contributed by atoms with Crippen LogP contribution in [0.5, 0.6) is 0 Å². The molecule has 5 heteroatoms. The molecule has 0 fully saturated rings. The number of benzene rings is 1. The summed E-state index contributed by atoms with van der Waals surface area (Å²) in [5.41, 5.74) is -0.715. The Kier molecular flexibility index (Phi) is 3.17. The number of alkyl halides is 4. The van der Waals surface area contributed by atoms with E-state index >= 15 is 0 Å². The summed E-state index contributed by atoms with van der Waals surface area (Å²) in [6, 6.07) is 5.30. The summed E-state index contributed by atoms with van der Waals surface area (Å²) < 4.78 is 37.3. The smallest absolute Gasteiger partial charge is 0.192 e. The van der Waals surface area contributed by atoms with Gasteiger partial charge in [0.1, 0.15) is 0 Å². The second kappa shape index (κ2) is 4.01. The maximum Gasteiger partial charge on any atom is 0.416 e. The van der Waals surface area contributed by atoms with Crippen LogP contribution in [-0.4, -0.2) is 0 Å². The lowest BCUT2D eigenvalue weighted by atomic mass is 10.0. The van der Waals surface area contributed by atoms with Crippen molar-refractivity contribution in [2.24, 2.45) is 0 Å². The maximum atomic E-state index is 12.4. The molecule has 0 N–H and O–H groups in total. The van der Waals surface area contributed by atoms with Gasteiger partial charge in [-0.25, -0.2) is 0 Å². The van der Waals surface area contributed by atoms with Gasteiger partial charge >= 0.3 is 6.18 Å². The molecule has 0 atom stereocenters. The van der Waals surface area contributed by atoms with Crippen molar-refractivity contribution in [2.45, 2.75) is 11.5 Å². The molecule has 1 rings (SSSR count).